The van der Waals surface area contributed by atoms with Crippen LogP contribution in [0.5, 0.6) is 0 Å². The smallest absolute Gasteiger partial charge is 0.326 e. The van der Waals surface area contributed by atoms with Crippen LogP contribution in [0.15, 0.2) is 70.3 Å². The molecule has 8 heteroatoms. The number of carbonyl (C=O) groups is 3. The Hall–Kier alpha value is -4.20. The maximum absolute atomic E-state index is 14.4. The maximum Gasteiger partial charge on any atom is 0.326 e. The Labute approximate surface area is 207 Å². The zero-order valence-corrected chi connectivity index (χ0v) is 20.0. The van der Waals surface area contributed by atoms with E-state index in [0.29, 0.717) is 40.3 Å². The summed E-state index contributed by atoms with van der Waals surface area (Å²) in [4.78, 5) is 46.9. The molecule has 0 bridgehead atoms. The van der Waals surface area contributed by atoms with Crippen LogP contribution in [0.3, 0.4) is 0 Å². The SMILES string of the molecule is CC1(C)CC(=O)C2=C(C1)N(CC(=O)OCc1ccccc1)C(=O)[C@@]21c2ccccc2-c2oc(N)nc21. The molecule has 1 aliphatic heterocycles. The number of esters is 1. The first-order valence-corrected chi connectivity index (χ1v) is 11.9. The number of aromatic nitrogens is 1. The number of fused-ring (bicyclic) bond motifs is 6. The topological polar surface area (TPSA) is 116 Å². The van der Waals surface area contributed by atoms with Crippen LogP contribution in [-0.4, -0.2) is 34.1 Å². The molecule has 2 heterocycles. The fourth-order valence-electron chi connectivity index (χ4n) is 5.83. The highest BCUT2D eigenvalue weighted by Crippen LogP contribution is 2.60. The van der Waals surface area contributed by atoms with E-state index in [2.05, 4.69) is 4.98 Å². The normalized spacial score (nSPS) is 21.6. The molecule has 6 rings (SSSR count). The molecule has 1 aromatic heterocycles. The van der Waals surface area contributed by atoms with Crippen LogP contribution >= 0.6 is 0 Å². The maximum atomic E-state index is 14.4. The summed E-state index contributed by atoms with van der Waals surface area (Å²) < 4.78 is 11.2. The van der Waals surface area contributed by atoms with E-state index >= 15 is 0 Å². The van der Waals surface area contributed by atoms with Crippen LogP contribution in [0.25, 0.3) is 11.3 Å². The highest BCUT2D eigenvalue weighted by atomic mass is 16.5. The van der Waals surface area contributed by atoms with Gasteiger partial charge in [0.2, 0.25) is 5.91 Å². The first kappa shape index (κ1) is 22.3. The molecule has 8 nitrogen and oxygen atoms in total. The number of carbonyl (C=O) groups excluding carboxylic acids is 3. The molecular formula is C28H25N3O5. The van der Waals surface area contributed by atoms with E-state index in [9.17, 15) is 14.4 Å². The number of hydrogen-bond acceptors (Lipinski definition) is 7. The van der Waals surface area contributed by atoms with Crippen LogP contribution in [0.2, 0.25) is 0 Å². The van der Waals surface area contributed by atoms with Gasteiger partial charge in [0, 0.05) is 23.3 Å². The summed E-state index contributed by atoms with van der Waals surface area (Å²) in [5.74, 6) is -0.721. The number of allylic oxidation sites excluding steroid dienone is 1. The van der Waals surface area contributed by atoms with Gasteiger partial charge in [-0.2, -0.15) is 4.98 Å². The number of hydrogen-bond donors (Lipinski definition) is 1. The zero-order chi connectivity index (χ0) is 25.2. The molecule has 1 amide bonds. The summed E-state index contributed by atoms with van der Waals surface area (Å²) in [6, 6.07) is 16.5. The van der Waals surface area contributed by atoms with Gasteiger partial charge >= 0.3 is 5.97 Å². The molecule has 0 unspecified atom stereocenters. The molecule has 0 saturated heterocycles. The summed E-state index contributed by atoms with van der Waals surface area (Å²) in [7, 11) is 0. The van der Waals surface area contributed by atoms with Gasteiger partial charge in [-0.25, -0.2) is 0 Å². The van der Waals surface area contributed by atoms with Crippen LogP contribution in [-0.2, 0) is 31.1 Å². The molecular weight excluding hydrogens is 458 g/mol. The Kier molecular flexibility index (Phi) is 4.73. The average Bonchev–Trinajstić information content (AvgIpc) is 3.42. The number of oxazole rings is 1. The van der Waals surface area contributed by atoms with Crippen molar-refractivity contribution in [3.63, 3.8) is 0 Å². The molecule has 0 saturated carbocycles. The number of anilines is 1. The Morgan fingerprint density at radius 2 is 1.81 bits per heavy atom. The number of benzene rings is 2. The number of nitrogens with zero attached hydrogens (tertiary/aromatic N) is 2. The third-order valence-electron chi connectivity index (χ3n) is 7.22. The van der Waals surface area contributed by atoms with Gasteiger partial charge in [-0.15, -0.1) is 0 Å². The Bertz CT molecular complexity index is 1470. The number of ketones is 1. The number of amides is 1. The van der Waals surface area contributed by atoms with Crippen molar-refractivity contribution in [2.24, 2.45) is 5.41 Å². The number of nitrogens with two attached hydrogens (primary N) is 1. The first-order valence-electron chi connectivity index (χ1n) is 11.9. The molecule has 3 aliphatic rings. The molecule has 0 radical (unpaired) electrons. The molecule has 36 heavy (non-hydrogen) atoms. The van der Waals surface area contributed by atoms with E-state index in [-0.39, 0.29) is 36.8 Å². The minimum absolute atomic E-state index is 0.0758. The van der Waals surface area contributed by atoms with Crippen LogP contribution in [0.1, 0.15) is 43.5 Å². The Morgan fingerprint density at radius 3 is 2.58 bits per heavy atom. The lowest BCUT2D eigenvalue weighted by atomic mass is 9.67. The lowest BCUT2D eigenvalue weighted by molar-refractivity contribution is -0.149. The minimum atomic E-state index is -1.49. The van der Waals surface area contributed by atoms with Gasteiger partial charge < -0.3 is 19.8 Å². The van der Waals surface area contributed by atoms with Gasteiger partial charge in [0.15, 0.2) is 17.0 Å². The predicted molar refractivity (Wildman–Crippen MR) is 130 cm³/mol. The fourth-order valence-corrected chi connectivity index (χ4v) is 5.83. The fraction of sp³-hybridized carbons (Fsp3) is 0.286. The Morgan fingerprint density at radius 1 is 1.08 bits per heavy atom. The second-order valence-corrected chi connectivity index (χ2v) is 10.3. The first-order chi connectivity index (χ1) is 17.2. The molecule has 2 aliphatic carbocycles. The van der Waals surface area contributed by atoms with E-state index in [1.807, 2.05) is 68.4 Å². The average molecular weight is 484 g/mol. The van der Waals surface area contributed by atoms with Crippen molar-refractivity contribution in [1.82, 2.24) is 9.88 Å². The minimum Gasteiger partial charge on any atom is -0.459 e. The van der Waals surface area contributed by atoms with Crippen molar-refractivity contribution in [1.29, 1.82) is 0 Å². The van der Waals surface area contributed by atoms with Crippen LogP contribution in [0.4, 0.5) is 6.01 Å². The quantitative estimate of drug-likeness (QED) is 0.562. The molecule has 3 aromatic rings. The van der Waals surface area contributed by atoms with Crippen molar-refractivity contribution >= 4 is 23.7 Å². The predicted octanol–water partition coefficient (Wildman–Crippen LogP) is 3.75. The number of rotatable bonds is 4. The molecule has 1 spiro atoms. The van der Waals surface area contributed by atoms with Gasteiger partial charge in [0.1, 0.15) is 18.8 Å². The summed E-state index contributed by atoms with van der Waals surface area (Å²) in [5.41, 5.74) is 7.41. The second-order valence-electron chi connectivity index (χ2n) is 10.3. The molecule has 2 N–H and O–H groups in total. The largest absolute Gasteiger partial charge is 0.459 e. The number of nitrogen functional groups attached to an aromatic ring is 1. The molecule has 1 atom stereocenters. The van der Waals surface area contributed by atoms with E-state index in [1.165, 1.54) is 4.90 Å². The second kappa shape index (κ2) is 7.65. The van der Waals surface area contributed by atoms with Crippen molar-refractivity contribution in [2.45, 2.75) is 38.7 Å². The van der Waals surface area contributed by atoms with E-state index in [1.54, 1.807) is 0 Å². The highest BCUT2D eigenvalue weighted by molar-refractivity contribution is 6.17. The van der Waals surface area contributed by atoms with Crippen LogP contribution < -0.4 is 5.73 Å². The summed E-state index contributed by atoms with van der Waals surface area (Å²) >= 11 is 0. The summed E-state index contributed by atoms with van der Waals surface area (Å²) in [6.07, 6.45) is 0.732. The standard InChI is InChI=1S/C28H25N3O5/c1-27(2)12-19-22(20(32)13-27)28(18-11-7-6-10-17(18)23-24(28)30-26(29)36-23)25(34)31(19)14-21(33)35-15-16-8-4-3-5-9-16/h3-11H,12-15H2,1-2H3,(H2,29,30)/t28-/m0/s1. The van der Waals surface area contributed by atoms with Gasteiger partial charge in [-0.3, -0.25) is 14.4 Å². The lowest BCUT2D eigenvalue weighted by Gasteiger charge is -2.33. The van der Waals surface area contributed by atoms with E-state index in [0.717, 1.165) is 5.56 Å². The Balaban J connectivity index is 1.46. The van der Waals surface area contributed by atoms with Crippen LogP contribution in [0, 0.1) is 5.41 Å². The highest BCUT2D eigenvalue weighted by Gasteiger charge is 2.65. The van der Waals surface area contributed by atoms with Gasteiger partial charge in [0.25, 0.3) is 6.01 Å². The van der Waals surface area contributed by atoms with Crippen molar-refractivity contribution in [3.8, 4) is 11.3 Å². The van der Waals surface area contributed by atoms with Gasteiger partial charge in [-0.1, -0.05) is 68.4 Å². The number of ether oxygens (including phenoxy) is 1. The van der Waals surface area contributed by atoms with Crippen molar-refractivity contribution in [2.75, 3.05) is 12.3 Å². The van der Waals surface area contributed by atoms with Crippen molar-refractivity contribution < 1.29 is 23.5 Å². The lowest BCUT2D eigenvalue weighted by Crippen LogP contribution is -2.43. The number of Topliss-reactive ketones (excluding diaryl/α,β-unsaturated/α-hetero) is 1. The zero-order valence-electron chi connectivity index (χ0n) is 20.0. The van der Waals surface area contributed by atoms with Crippen molar-refractivity contribution in [3.05, 3.63) is 82.7 Å². The van der Waals surface area contributed by atoms with Gasteiger partial charge in [-0.05, 0) is 23.0 Å². The monoisotopic (exact) mass is 483 g/mol. The van der Waals surface area contributed by atoms with Gasteiger partial charge in [0.05, 0.1) is 0 Å². The molecule has 0 fully saturated rings. The third-order valence-corrected chi connectivity index (χ3v) is 7.22. The third kappa shape index (κ3) is 3.07. The summed E-state index contributed by atoms with van der Waals surface area (Å²) in [5, 5.41) is 0. The van der Waals surface area contributed by atoms with E-state index < -0.39 is 17.3 Å². The molecule has 2 aromatic carbocycles. The van der Waals surface area contributed by atoms with E-state index in [4.69, 9.17) is 14.9 Å². The summed E-state index contributed by atoms with van der Waals surface area (Å²) in [6.45, 7) is 3.76. The molecule has 182 valence electrons.